The van der Waals surface area contributed by atoms with Crippen LogP contribution in [0.1, 0.15) is 34.0 Å². The van der Waals surface area contributed by atoms with Crippen molar-refractivity contribution < 1.29 is 4.79 Å². The lowest BCUT2D eigenvalue weighted by Crippen LogP contribution is -1.94. The predicted molar refractivity (Wildman–Crippen MR) is 92.1 cm³/mol. The van der Waals surface area contributed by atoms with E-state index in [9.17, 15) is 4.79 Å². The first-order chi connectivity index (χ1) is 10.1. The Labute approximate surface area is 131 Å². The number of hydrogen-bond donors (Lipinski definition) is 0. The highest BCUT2D eigenvalue weighted by molar-refractivity contribution is 7.99. The van der Waals surface area contributed by atoms with Crippen molar-refractivity contribution in [1.82, 2.24) is 0 Å². The molecule has 108 valence electrons. The Morgan fingerprint density at radius 1 is 1.10 bits per heavy atom. The van der Waals surface area contributed by atoms with Crippen LogP contribution in [0.15, 0.2) is 53.4 Å². The molecule has 0 radical (unpaired) electrons. The van der Waals surface area contributed by atoms with Gasteiger partial charge in [0, 0.05) is 10.5 Å². The molecule has 0 aliphatic rings. The summed E-state index contributed by atoms with van der Waals surface area (Å²) in [6.07, 6.45) is 3.56. The molecule has 0 fully saturated rings. The van der Waals surface area contributed by atoms with Crippen LogP contribution in [0, 0.1) is 13.8 Å². The number of rotatable bonds is 5. The van der Waals surface area contributed by atoms with Gasteiger partial charge in [-0.2, -0.15) is 0 Å². The fourth-order valence-electron chi connectivity index (χ4n) is 2.08. The summed E-state index contributed by atoms with van der Waals surface area (Å²) in [5, 5.41) is 0. The van der Waals surface area contributed by atoms with E-state index >= 15 is 0 Å². The van der Waals surface area contributed by atoms with E-state index in [2.05, 4.69) is 39.0 Å². The standard InChI is InChI=1S/C19H20OS/c1-4-21-18-10-7-16(8-11-18)19(20)12-9-17-13-14(2)5-6-15(17)3/h5-13H,4H2,1-3H3. The average Bonchev–Trinajstić information content (AvgIpc) is 2.49. The highest BCUT2D eigenvalue weighted by Gasteiger charge is 2.02. The largest absolute Gasteiger partial charge is 0.289 e. The van der Waals surface area contributed by atoms with Crippen LogP contribution in [-0.4, -0.2) is 11.5 Å². The van der Waals surface area contributed by atoms with Gasteiger partial charge >= 0.3 is 0 Å². The van der Waals surface area contributed by atoms with Crippen molar-refractivity contribution in [1.29, 1.82) is 0 Å². The molecule has 0 saturated carbocycles. The van der Waals surface area contributed by atoms with Gasteiger partial charge in [0.1, 0.15) is 0 Å². The van der Waals surface area contributed by atoms with Crippen LogP contribution < -0.4 is 0 Å². The van der Waals surface area contributed by atoms with Crippen molar-refractivity contribution >= 4 is 23.6 Å². The van der Waals surface area contributed by atoms with Gasteiger partial charge in [-0.05, 0) is 61.1 Å². The first-order valence-electron chi connectivity index (χ1n) is 7.12. The maximum Gasteiger partial charge on any atom is 0.185 e. The van der Waals surface area contributed by atoms with Crippen molar-refractivity contribution in [2.24, 2.45) is 0 Å². The van der Waals surface area contributed by atoms with E-state index in [1.54, 1.807) is 17.8 Å². The minimum Gasteiger partial charge on any atom is -0.289 e. The molecule has 0 spiro atoms. The quantitative estimate of drug-likeness (QED) is 0.422. The predicted octanol–water partition coefficient (Wildman–Crippen LogP) is 5.31. The monoisotopic (exact) mass is 296 g/mol. The normalized spacial score (nSPS) is 11.0. The van der Waals surface area contributed by atoms with Crippen LogP contribution in [0.25, 0.3) is 6.08 Å². The zero-order valence-corrected chi connectivity index (χ0v) is 13.5. The molecule has 1 nitrogen and oxygen atoms in total. The Morgan fingerprint density at radius 3 is 2.48 bits per heavy atom. The first kappa shape index (κ1) is 15.6. The molecular formula is C19H20OS. The summed E-state index contributed by atoms with van der Waals surface area (Å²) < 4.78 is 0. The number of allylic oxidation sites excluding steroid dienone is 1. The molecule has 0 aliphatic heterocycles. The molecule has 2 heteroatoms. The van der Waals surface area contributed by atoms with E-state index in [0.29, 0.717) is 0 Å². The molecule has 0 heterocycles. The molecule has 0 unspecified atom stereocenters. The van der Waals surface area contributed by atoms with Gasteiger partial charge < -0.3 is 0 Å². The van der Waals surface area contributed by atoms with Gasteiger partial charge in [0.15, 0.2) is 5.78 Å². The number of thioether (sulfide) groups is 1. The van der Waals surface area contributed by atoms with Gasteiger partial charge in [-0.1, -0.05) is 36.8 Å². The Hall–Kier alpha value is -1.80. The third-order valence-corrected chi connectivity index (χ3v) is 4.19. The van der Waals surface area contributed by atoms with E-state index < -0.39 is 0 Å². The highest BCUT2D eigenvalue weighted by Crippen LogP contribution is 2.18. The molecule has 0 amide bonds. The first-order valence-corrected chi connectivity index (χ1v) is 8.11. The molecule has 2 aromatic rings. The van der Waals surface area contributed by atoms with Gasteiger partial charge in [-0.25, -0.2) is 0 Å². The molecule has 0 bridgehead atoms. The topological polar surface area (TPSA) is 17.1 Å². The Balaban J connectivity index is 2.13. The van der Waals surface area contributed by atoms with Gasteiger partial charge in [-0.15, -0.1) is 11.8 Å². The van der Waals surface area contributed by atoms with E-state index in [-0.39, 0.29) is 5.78 Å². The minimum atomic E-state index is 0.0453. The third kappa shape index (κ3) is 4.33. The third-order valence-electron chi connectivity index (χ3n) is 3.30. The Morgan fingerprint density at radius 2 is 1.81 bits per heavy atom. The number of carbonyl (C=O) groups excluding carboxylic acids is 1. The summed E-state index contributed by atoms with van der Waals surface area (Å²) in [6.45, 7) is 6.24. The number of hydrogen-bond acceptors (Lipinski definition) is 2. The lowest BCUT2D eigenvalue weighted by Gasteiger charge is -2.02. The van der Waals surface area contributed by atoms with Crippen molar-refractivity contribution in [3.63, 3.8) is 0 Å². The molecule has 0 N–H and O–H groups in total. The summed E-state index contributed by atoms with van der Waals surface area (Å²) in [4.78, 5) is 13.4. The smallest absolute Gasteiger partial charge is 0.185 e. The lowest BCUT2D eigenvalue weighted by atomic mass is 10.0. The van der Waals surface area contributed by atoms with Crippen LogP contribution in [0.5, 0.6) is 0 Å². The number of benzene rings is 2. The van der Waals surface area contributed by atoms with Crippen LogP contribution in [0.3, 0.4) is 0 Å². The Bertz CT molecular complexity index is 654. The molecule has 2 aromatic carbocycles. The Kier molecular flexibility index (Phi) is 5.40. The molecule has 21 heavy (non-hydrogen) atoms. The van der Waals surface area contributed by atoms with Crippen LogP contribution >= 0.6 is 11.8 Å². The summed E-state index contributed by atoms with van der Waals surface area (Å²) >= 11 is 1.78. The maximum atomic E-state index is 12.2. The van der Waals surface area contributed by atoms with Gasteiger partial charge in [0.05, 0.1) is 0 Å². The zero-order valence-electron chi connectivity index (χ0n) is 12.7. The van der Waals surface area contributed by atoms with E-state index in [1.165, 1.54) is 16.0 Å². The number of ketones is 1. The fraction of sp³-hybridized carbons (Fsp3) is 0.211. The second-order valence-electron chi connectivity index (χ2n) is 5.02. The van der Waals surface area contributed by atoms with E-state index in [0.717, 1.165) is 16.9 Å². The lowest BCUT2D eigenvalue weighted by molar-refractivity contribution is 0.104. The average molecular weight is 296 g/mol. The summed E-state index contributed by atoms with van der Waals surface area (Å²) in [5.41, 5.74) is 4.21. The van der Waals surface area contributed by atoms with Crippen molar-refractivity contribution in [2.45, 2.75) is 25.7 Å². The highest BCUT2D eigenvalue weighted by atomic mass is 32.2. The molecule has 2 rings (SSSR count). The summed E-state index contributed by atoms with van der Waals surface area (Å²) in [7, 11) is 0. The van der Waals surface area contributed by atoms with Crippen LogP contribution in [0.4, 0.5) is 0 Å². The zero-order chi connectivity index (χ0) is 15.2. The van der Waals surface area contributed by atoms with Gasteiger partial charge in [0.2, 0.25) is 0 Å². The molecule has 0 atom stereocenters. The molecule has 0 aromatic heterocycles. The number of aryl methyl sites for hydroxylation is 2. The van der Waals surface area contributed by atoms with E-state index in [4.69, 9.17) is 0 Å². The minimum absolute atomic E-state index is 0.0453. The van der Waals surface area contributed by atoms with Gasteiger partial charge in [-0.3, -0.25) is 4.79 Å². The van der Waals surface area contributed by atoms with Crippen molar-refractivity contribution in [3.05, 3.63) is 70.8 Å². The van der Waals surface area contributed by atoms with Crippen LogP contribution in [-0.2, 0) is 0 Å². The van der Waals surface area contributed by atoms with Gasteiger partial charge in [0.25, 0.3) is 0 Å². The van der Waals surface area contributed by atoms with Crippen molar-refractivity contribution in [2.75, 3.05) is 5.75 Å². The van der Waals surface area contributed by atoms with Crippen molar-refractivity contribution in [3.8, 4) is 0 Å². The molecule has 0 aliphatic carbocycles. The summed E-state index contributed by atoms with van der Waals surface area (Å²) in [6, 6.07) is 14.1. The van der Waals surface area contributed by atoms with E-state index in [1.807, 2.05) is 30.3 Å². The maximum absolute atomic E-state index is 12.2. The summed E-state index contributed by atoms with van der Waals surface area (Å²) in [5.74, 6) is 1.09. The SMILES string of the molecule is CCSc1ccc(C(=O)C=Cc2cc(C)ccc2C)cc1. The molecular weight excluding hydrogens is 276 g/mol. The van der Waals surface area contributed by atoms with Crippen LogP contribution in [0.2, 0.25) is 0 Å². The second kappa shape index (κ2) is 7.28. The molecule has 0 saturated heterocycles. The fourth-order valence-corrected chi connectivity index (χ4v) is 2.75. The second-order valence-corrected chi connectivity index (χ2v) is 6.35. The number of carbonyl (C=O) groups is 1.